The van der Waals surface area contributed by atoms with Crippen molar-refractivity contribution in [2.45, 2.75) is 71.1 Å². The number of imidazole rings is 1. The Bertz CT molecular complexity index is 479. The number of unbranched alkanes of at least 4 members (excludes halogenated alkanes) is 9. The summed E-state index contributed by atoms with van der Waals surface area (Å²) in [5.41, 5.74) is -0.682. The van der Waals surface area contributed by atoms with Crippen molar-refractivity contribution >= 4 is 5.91 Å². The lowest BCUT2D eigenvalue weighted by molar-refractivity contribution is 0.0945. The average molecular weight is 311 g/mol. The lowest BCUT2D eigenvalue weighted by Gasteiger charge is -2.04. The van der Waals surface area contributed by atoms with Gasteiger partial charge in [-0.05, 0) is 6.42 Å². The first-order valence-electron chi connectivity index (χ1n) is 8.44. The van der Waals surface area contributed by atoms with Crippen molar-refractivity contribution in [3.8, 4) is 5.88 Å². The molecule has 1 heterocycles. The van der Waals surface area contributed by atoms with E-state index >= 15 is 0 Å². The van der Waals surface area contributed by atoms with Crippen LogP contribution >= 0.6 is 0 Å². The molecule has 1 aromatic heterocycles. The molecule has 0 unspecified atom stereocenters. The number of carbonyl (C=O) groups is 1. The molecule has 0 spiro atoms. The number of aromatic amines is 2. The summed E-state index contributed by atoms with van der Waals surface area (Å²) in [5, 5.41) is 12.0. The van der Waals surface area contributed by atoms with E-state index in [0.29, 0.717) is 6.54 Å². The molecule has 6 nitrogen and oxygen atoms in total. The van der Waals surface area contributed by atoms with Gasteiger partial charge in [0.05, 0.1) is 0 Å². The van der Waals surface area contributed by atoms with Crippen LogP contribution in [0.15, 0.2) is 4.79 Å². The number of amides is 1. The number of carbonyl (C=O) groups excluding carboxylic acids is 1. The molecule has 1 amide bonds. The van der Waals surface area contributed by atoms with Crippen LogP contribution in [0, 0.1) is 0 Å². The van der Waals surface area contributed by atoms with Crippen LogP contribution in [0.1, 0.15) is 81.6 Å². The van der Waals surface area contributed by atoms with Gasteiger partial charge in [-0.1, -0.05) is 64.7 Å². The second-order valence-electron chi connectivity index (χ2n) is 5.74. The van der Waals surface area contributed by atoms with Crippen molar-refractivity contribution in [1.82, 2.24) is 15.3 Å². The highest BCUT2D eigenvalue weighted by Gasteiger charge is 2.13. The molecule has 0 aliphatic heterocycles. The number of aromatic hydroxyl groups is 1. The SMILES string of the molecule is CCCCCCCCCCCCNC(=O)c1[nH]c(=O)[nH]c1O. The molecule has 126 valence electrons. The number of hydrogen-bond acceptors (Lipinski definition) is 3. The van der Waals surface area contributed by atoms with Gasteiger partial charge in [-0.15, -0.1) is 0 Å². The predicted molar refractivity (Wildman–Crippen MR) is 87.3 cm³/mol. The van der Waals surface area contributed by atoms with E-state index in [1.807, 2.05) is 0 Å². The molecule has 0 saturated carbocycles. The summed E-state index contributed by atoms with van der Waals surface area (Å²) in [4.78, 5) is 27.0. The minimum absolute atomic E-state index is 0.0999. The van der Waals surface area contributed by atoms with E-state index in [1.165, 1.54) is 51.4 Å². The molecule has 0 fully saturated rings. The highest BCUT2D eigenvalue weighted by atomic mass is 16.3. The van der Waals surface area contributed by atoms with E-state index in [1.54, 1.807) is 0 Å². The van der Waals surface area contributed by atoms with E-state index in [9.17, 15) is 14.7 Å². The van der Waals surface area contributed by atoms with Crippen LogP contribution in [0.3, 0.4) is 0 Å². The van der Waals surface area contributed by atoms with E-state index in [-0.39, 0.29) is 5.69 Å². The molecule has 4 N–H and O–H groups in total. The topological polar surface area (TPSA) is 98.0 Å². The maximum atomic E-state index is 11.7. The minimum Gasteiger partial charge on any atom is -0.493 e. The van der Waals surface area contributed by atoms with Crippen molar-refractivity contribution in [1.29, 1.82) is 0 Å². The smallest absolute Gasteiger partial charge is 0.326 e. The van der Waals surface area contributed by atoms with Gasteiger partial charge in [0.1, 0.15) is 0 Å². The lowest BCUT2D eigenvalue weighted by atomic mass is 10.1. The third-order valence-electron chi connectivity index (χ3n) is 3.75. The van der Waals surface area contributed by atoms with Crippen molar-refractivity contribution in [3.63, 3.8) is 0 Å². The van der Waals surface area contributed by atoms with Gasteiger partial charge in [0.15, 0.2) is 5.69 Å². The summed E-state index contributed by atoms with van der Waals surface area (Å²) in [6.07, 6.45) is 12.4. The van der Waals surface area contributed by atoms with Gasteiger partial charge in [-0.3, -0.25) is 14.8 Å². The van der Waals surface area contributed by atoms with Crippen molar-refractivity contribution in [2.24, 2.45) is 0 Å². The number of hydrogen-bond donors (Lipinski definition) is 4. The zero-order valence-electron chi connectivity index (χ0n) is 13.5. The van der Waals surface area contributed by atoms with Gasteiger partial charge < -0.3 is 10.4 Å². The molecule has 0 aliphatic rings. The zero-order chi connectivity index (χ0) is 16.2. The maximum Gasteiger partial charge on any atom is 0.326 e. The Morgan fingerprint density at radius 3 is 2.00 bits per heavy atom. The monoisotopic (exact) mass is 311 g/mol. The highest BCUT2D eigenvalue weighted by Crippen LogP contribution is 2.10. The first-order valence-corrected chi connectivity index (χ1v) is 8.44. The predicted octanol–water partition coefficient (Wildman–Crippen LogP) is 3.06. The maximum absolute atomic E-state index is 11.7. The van der Waals surface area contributed by atoms with Crippen LogP contribution < -0.4 is 11.0 Å². The Morgan fingerprint density at radius 1 is 0.955 bits per heavy atom. The molecule has 0 saturated heterocycles. The molecule has 1 rings (SSSR count). The van der Waals surface area contributed by atoms with Crippen LogP contribution in [0.2, 0.25) is 0 Å². The van der Waals surface area contributed by atoms with Gasteiger partial charge in [0, 0.05) is 6.54 Å². The van der Waals surface area contributed by atoms with Gasteiger partial charge >= 0.3 is 5.69 Å². The minimum atomic E-state index is -0.582. The molecule has 0 aliphatic carbocycles. The Labute approximate surface area is 131 Å². The third-order valence-corrected chi connectivity index (χ3v) is 3.75. The Hall–Kier alpha value is -1.72. The second-order valence-corrected chi connectivity index (χ2v) is 5.74. The molecule has 22 heavy (non-hydrogen) atoms. The van der Waals surface area contributed by atoms with Crippen LogP contribution in [0.4, 0.5) is 0 Å². The number of H-pyrrole nitrogens is 2. The largest absolute Gasteiger partial charge is 0.493 e. The number of aromatic nitrogens is 2. The fourth-order valence-electron chi connectivity index (χ4n) is 2.44. The molecule has 6 heteroatoms. The van der Waals surface area contributed by atoms with Crippen LogP contribution in [-0.2, 0) is 0 Å². The highest BCUT2D eigenvalue weighted by molar-refractivity contribution is 5.94. The quantitative estimate of drug-likeness (QED) is 0.446. The van der Waals surface area contributed by atoms with Crippen molar-refractivity contribution in [3.05, 3.63) is 16.2 Å². The summed E-state index contributed by atoms with van der Waals surface area (Å²) in [6.45, 7) is 2.79. The van der Waals surface area contributed by atoms with Crippen LogP contribution in [0.5, 0.6) is 5.88 Å². The zero-order valence-corrected chi connectivity index (χ0v) is 13.5. The van der Waals surface area contributed by atoms with Gasteiger partial charge in [-0.25, -0.2) is 4.79 Å². The van der Waals surface area contributed by atoms with Crippen LogP contribution in [-0.4, -0.2) is 27.5 Å². The second kappa shape index (κ2) is 10.9. The molecule has 0 bridgehead atoms. The first kappa shape index (κ1) is 18.3. The van der Waals surface area contributed by atoms with Gasteiger partial charge in [0.2, 0.25) is 5.88 Å². The molecular formula is C16H29N3O3. The van der Waals surface area contributed by atoms with Crippen molar-refractivity contribution < 1.29 is 9.90 Å². The summed E-state index contributed by atoms with van der Waals surface area (Å²) in [5.74, 6) is -0.864. The van der Waals surface area contributed by atoms with Crippen molar-refractivity contribution in [2.75, 3.05) is 6.54 Å². The van der Waals surface area contributed by atoms with E-state index in [4.69, 9.17) is 0 Å². The summed E-state index contributed by atoms with van der Waals surface area (Å²) in [7, 11) is 0. The number of rotatable bonds is 12. The fraction of sp³-hybridized carbons (Fsp3) is 0.750. The van der Waals surface area contributed by atoms with Gasteiger partial charge in [0.25, 0.3) is 5.91 Å². The molecular weight excluding hydrogens is 282 g/mol. The average Bonchev–Trinajstić information content (AvgIpc) is 2.83. The Balaban J connectivity index is 1.96. The molecule has 1 aromatic rings. The van der Waals surface area contributed by atoms with E-state index in [2.05, 4.69) is 22.2 Å². The molecule has 0 atom stereocenters. The Morgan fingerprint density at radius 2 is 1.50 bits per heavy atom. The van der Waals surface area contributed by atoms with E-state index < -0.39 is 17.5 Å². The summed E-state index contributed by atoms with van der Waals surface area (Å²) < 4.78 is 0. The number of nitrogens with one attached hydrogen (secondary N) is 3. The summed E-state index contributed by atoms with van der Waals surface area (Å²) >= 11 is 0. The first-order chi connectivity index (χ1) is 10.6. The Kier molecular flexibility index (Phi) is 9.11. The molecule has 0 radical (unpaired) electrons. The van der Waals surface area contributed by atoms with Gasteiger partial charge in [-0.2, -0.15) is 0 Å². The lowest BCUT2D eigenvalue weighted by Crippen LogP contribution is -2.25. The van der Waals surface area contributed by atoms with Crippen LogP contribution in [0.25, 0.3) is 0 Å². The van der Waals surface area contributed by atoms with E-state index in [0.717, 1.165) is 12.8 Å². The third kappa shape index (κ3) is 7.33. The summed E-state index contributed by atoms with van der Waals surface area (Å²) in [6, 6.07) is 0. The molecule has 0 aromatic carbocycles. The standard InChI is InChI=1S/C16H29N3O3/c1-2-3-4-5-6-7-8-9-10-11-12-17-14(20)13-15(21)19-16(22)18-13/h21H,2-12H2,1H3,(H,17,20)(H2,18,19,22). The fourth-order valence-corrected chi connectivity index (χ4v) is 2.44. The normalized spacial score (nSPS) is 10.8.